The summed E-state index contributed by atoms with van der Waals surface area (Å²) in [6, 6.07) is 0. The second kappa shape index (κ2) is 5.94. The van der Waals surface area contributed by atoms with Crippen LogP contribution in [0, 0.1) is 0 Å². The van der Waals surface area contributed by atoms with E-state index in [1.807, 2.05) is 26.0 Å². The Bertz CT molecular complexity index is 162. The summed E-state index contributed by atoms with van der Waals surface area (Å²) in [5, 5.41) is 10.2. The van der Waals surface area contributed by atoms with E-state index in [1.54, 1.807) is 7.05 Å². The number of hydrogen-bond donors (Lipinski definition) is 0. The summed E-state index contributed by atoms with van der Waals surface area (Å²) in [6.07, 6.45) is 5.53. The molecule has 1 rings (SSSR count). The third-order valence-electron chi connectivity index (χ3n) is 0.785. The molecular formula is C6H12N4. The maximum atomic E-state index is 3.47. The molecule has 0 saturated carbocycles. The smallest absolute Gasteiger partial charge is 0.137 e. The number of nitrogens with zero attached hydrogens (tertiary/aromatic N) is 4. The van der Waals surface area contributed by atoms with Crippen molar-refractivity contribution >= 4 is 0 Å². The van der Waals surface area contributed by atoms with Crippen LogP contribution in [0.25, 0.3) is 0 Å². The predicted molar refractivity (Wildman–Crippen MR) is 39.3 cm³/mol. The Kier molecular flexibility index (Phi) is 5.23. The van der Waals surface area contributed by atoms with Gasteiger partial charge in [-0.25, -0.2) is 4.68 Å². The molecule has 4 heteroatoms. The lowest BCUT2D eigenvalue weighted by Gasteiger charge is -1.71. The predicted octanol–water partition coefficient (Wildman–Crippen LogP) is 0.792. The van der Waals surface area contributed by atoms with Gasteiger partial charge in [0.05, 0.1) is 0 Å². The van der Waals surface area contributed by atoms with Gasteiger partial charge in [-0.2, -0.15) is 0 Å². The van der Waals surface area contributed by atoms with Gasteiger partial charge >= 0.3 is 0 Å². The highest BCUT2D eigenvalue weighted by atomic mass is 15.5. The average molecular weight is 140 g/mol. The second-order valence-electron chi connectivity index (χ2n) is 1.65. The van der Waals surface area contributed by atoms with E-state index in [9.17, 15) is 0 Å². The quantitative estimate of drug-likeness (QED) is 0.500. The molecule has 0 aliphatic heterocycles. The summed E-state index contributed by atoms with van der Waals surface area (Å²) < 4.78 is 1.53. The zero-order chi connectivity index (χ0) is 7.82. The Morgan fingerprint density at radius 3 is 2.00 bits per heavy atom. The molecule has 4 nitrogen and oxygen atoms in total. The van der Waals surface area contributed by atoms with Crippen molar-refractivity contribution in [2.24, 2.45) is 7.05 Å². The fourth-order valence-corrected chi connectivity index (χ4v) is 0.207. The maximum absolute atomic E-state index is 3.47. The highest BCUT2D eigenvalue weighted by molar-refractivity contribution is 4.68. The van der Waals surface area contributed by atoms with Crippen LogP contribution < -0.4 is 0 Å². The number of tetrazole rings is 1. The molecule has 0 N–H and O–H groups in total. The van der Waals surface area contributed by atoms with Gasteiger partial charge in [-0.1, -0.05) is 12.2 Å². The first-order chi connectivity index (χ1) is 4.81. The van der Waals surface area contributed by atoms with Crippen LogP contribution in [-0.4, -0.2) is 20.2 Å². The molecule has 1 aromatic heterocycles. The Hall–Kier alpha value is -1.19. The Morgan fingerprint density at radius 1 is 1.30 bits per heavy atom. The molecule has 0 aliphatic rings. The van der Waals surface area contributed by atoms with Crippen molar-refractivity contribution in [1.82, 2.24) is 20.2 Å². The molecule has 0 fully saturated rings. The van der Waals surface area contributed by atoms with Crippen molar-refractivity contribution in [3.63, 3.8) is 0 Å². The fourth-order valence-electron chi connectivity index (χ4n) is 0.207. The van der Waals surface area contributed by atoms with Gasteiger partial charge in [0.2, 0.25) is 0 Å². The van der Waals surface area contributed by atoms with Crippen molar-refractivity contribution in [2.75, 3.05) is 0 Å². The standard InChI is InChI=1S/C4H8.C2H4N4/c1-3-4-2;1-6-2-3-4-5-6/h3-4H,1-2H3;2H,1H3/b4-3-;. The third-order valence-corrected chi connectivity index (χ3v) is 0.785. The Labute approximate surface area is 60.6 Å². The first kappa shape index (κ1) is 8.81. The molecule has 1 aromatic rings. The van der Waals surface area contributed by atoms with Crippen LogP contribution in [0.15, 0.2) is 18.5 Å². The summed E-state index contributed by atoms with van der Waals surface area (Å²) >= 11 is 0. The van der Waals surface area contributed by atoms with Crippen LogP contribution in [0.3, 0.4) is 0 Å². The molecule has 0 amide bonds. The Balaban J connectivity index is 0.000000180. The lowest BCUT2D eigenvalue weighted by molar-refractivity contribution is 0.710. The molecule has 0 radical (unpaired) electrons. The first-order valence-corrected chi connectivity index (χ1v) is 3.05. The number of allylic oxidation sites excluding steroid dienone is 2. The van der Waals surface area contributed by atoms with E-state index in [-0.39, 0.29) is 0 Å². The third kappa shape index (κ3) is 4.96. The zero-order valence-corrected chi connectivity index (χ0v) is 6.52. The number of aryl methyl sites for hydroxylation is 1. The molecule has 0 unspecified atom stereocenters. The number of aromatic nitrogens is 4. The van der Waals surface area contributed by atoms with E-state index in [1.165, 1.54) is 11.0 Å². The molecule has 0 bridgehead atoms. The molecule has 0 aliphatic carbocycles. The van der Waals surface area contributed by atoms with Gasteiger partial charge in [-0.05, 0) is 24.3 Å². The number of hydrogen-bond acceptors (Lipinski definition) is 3. The van der Waals surface area contributed by atoms with Gasteiger partial charge in [0.1, 0.15) is 6.33 Å². The minimum Gasteiger partial charge on any atom is -0.236 e. The van der Waals surface area contributed by atoms with Gasteiger partial charge in [-0.15, -0.1) is 5.10 Å². The van der Waals surface area contributed by atoms with Crippen LogP contribution in [0.2, 0.25) is 0 Å². The summed E-state index contributed by atoms with van der Waals surface area (Å²) in [4.78, 5) is 0. The van der Waals surface area contributed by atoms with E-state index in [4.69, 9.17) is 0 Å². The molecule has 0 aromatic carbocycles. The minimum absolute atomic E-state index is 1.53. The molecular weight excluding hydrogens is 128 g/mol. The van der Waals surface area contributed by atoms with Gasteiger partial charge in [-0.3, -0.25) is 0 Å². The highest BCUT2D eigenvalue weighted by Gasteiger charge is 1.72. The average Bonchev–Trinajstić information content (AvgIpc) is 2.40. The Morgan fingerprint density at radius 2 is 1.90 bits per heavy atom. The molecule has 1 heterocycles. The lowest BCUT2D eigenvalue weighted by Crippen LogP contribution is -1.85. The van der Waals surface area contributed by atoms with Crippen LogP contribution in [0.4, 0.5) is 0 Å². The van der Waals surface area contributed by atoms with Gasteiger partial charge < -0.3 is 0 Å². The van der Waals surface area contributed by atoms with Crippen LogP contribution in [0.5, 0.6) is 0 Å². The monoisotopic (exact) mass is 140 g/mol. The van der Waals surface area contributed by atoms with Crippen molar-refractivity contribution in [2.45, 2.75) is 13.8 Å². The largest absolute Gasteiger partial charge is 0.236 e. The van der Waals surface area contributed by atoms with E-state index in [2.05, 4.69) is 15.5 Å². The first-order valence-electron chi connectivity index (χ1n) is 3.05. The lowest BCUT2D eigenvalue weighted by atomic mass is 10.6. The molecule has 10 heavy (non-hydrogen) atoms. The van der Waals surface area contributed by atoms with E-state index in [0.717, 1.165) is 0 Å². The van der Waals surface area contributed by atoms with Crippen LogP contribution in [-0.2, 0) is 7.05 Å². The highest BCUT2D eigenvalue weighted by Crippen LogP contribution is 1.58. The van der Waals surface area contributed by atoms with Crippen molar-refractivity contribution in [3.8, 4) is 0 Å². The van der Waals surface area contributed by atoms with Gasteiger partial charge in [0.25, 0.3) is 0 Å². The zero-order valence-electron chi connectivity index (χ0n) is 6.52. The van der Waals surface area contributed by atoms with Crippen molar-refractivity contribution < 1.29 is 0 Å². The summed E-state index contributed by atoms with van der Waals surface area (Å²) in [5.41, 5.74) is 0. The van der Waals surface area contributed by atoms with E-state index in [0.29, 0.717) is 0 Å². The summed E-state index contributed by atoms with van der Waals surface area (Å²) in [5.74, 6) is 0. The van der Waals surface area contributed by atoms with Crippen LogP contribution >= 0.6 is 0 Å². The molecule has 0 spiro atoms. The van der Waals surface area contributed by atoms with Crippen molar-refractivity contribution in [1.29, 1.82) is 0 Å². The normalized spacial score (nSPS) is 9.10. The molecule has 56 valence electrons. The van der Waals surface area contributed by atoms with E-state index < -0.39 is 0 Å². The van der Waals surface area contributed by atoms with Crippen LogP contribution in [0.1, 0.15) is 13.8 Å². The molecule has 0 atom stereocenters. The SMILES string of the molecule is C/C=C\C.Cn1cnnn1. The van der Waals surface area contributed by atoms with Crippen molar-refractivity contribution in [3.05, 3.63) is 18.5 Å². The second-order valence-corrected chi connectivity index (χ2v) is 1.65. The fraction of sp³-hybridized carbons (Fsp3) is 0.500. The van der Waals surface area contributed by atoms with Gasteiger partial charge in [0.15, 0.2) is 0 Å². The number of rotatable bonds is 0. The minimum atomic E-state index is 1.53. The molecule has 0 saturated heterocycles. The van der Waals surface area contributed by atoms with E-state index >= 15 is 0 Å². The summed E-state index contributed by atoms with van der Waals surface area (Å²) in [7, 11) is 1.76. The maximum Gasteiger partial charge on any atom is 0.137 e. The topological polar surface area (TPSA) is 43.6 Å². The van der Waals surface area contributed by atoms with Gasteiger partial charge in [0, 0.05) is 7.05 Å². The summed E-state index contributed by atoms with van der Waals surface area (Å²) in [6.45, 7) is 4.00.